The van der Waals surface area contributed by atoms with Crippen LogP contribution in [0.15, 0.2) is 41.4 Å². The van der Waals surface area contributed by atoms with Gasteiger partial charge in [-0.15, -0.1) is 0 Å². The lowest BCUT2D eigenvalue weighted by Gasteiger charge is -2.20. The first-order chi connectivity index (χ1) is 10.1. The molecule has 4 N–H and O–H groups in total. The number of nitrogen functional groups attached to an aromatic ring is 1. The number of carbonyl (C=O) groups excluding carboxylic acids is 1. The number of carboxylic acid groups (broad SMARTS) is 1. The average molecular weight is 282 g/mol. The van der Waals surface area contributed by atoms with Gasteiger partial charge in [0, 0.05) is 6.07 Å². The third-order valence-electron chi connectivity index (χ3n) is 3.05. The van der Waals surface area contributed by atoms with E-state index in [9.17, 15) is 9.90 Å². The highest BCUT2D eigenvalue weighted by molar-refractivity contribution is 6.08. The molecule has 1 aromatic carbocycles. The number of aliphatic imine (C=N–C) groups is 1. The van der Waals surface area contributed by atoms with Crippen molar-refractivity contribution in [1.29, 1.82) is 0 Å². The van der Waals surface area contributed by atoms with Crippen LogP contribution < -0.4 is 21.5 Å². The van der Waals surface area contributed by atoms with Crippen LogP contribution in [-0.4, -0.2) is 23.3 Å². The van der Waals surface area contributed by atoms with E-state index >= 15 is 0 Å². The first kappa shape index (κ1) is 12.9. The van der Waals surface area contributed by atoms with Crippen molar-refractivity contribution in [3.05, 3.63) is 42.0 Å². The van der Waals surface area contributed by atoms with Gasteiger partial charge in [0.05, 0.1) is 17.9 Å². The molecule has 2 heterocycles. The molecule has 1 aliphatic rings. The largest absolute Gasteiger partial charge is 0.530 e. The molecule has 0 radical (unpaired) electrons. The zero-order valence-corrected chi connectivity index (χ0v) is 11.0. The number of nitrogens with zero attached hydrogens (tertiary/aromatic N) is 2. The van der Waals surface area contributed by atoms with E-state index in [0.29, 0.717) is 17.9 Å². The van der Waals surface area contributed by atoms with E-state index in [2.05, 4.69) is 20.6 Å². The van der Waals surface area contributed by atoms with Gasteiger partial charge >= 0.3 is 0 Å². The van der Waals surface area contributed by atoms with Crippen LogP contribution in [0.3, 0.4) is 0 Å². The Labute approximate surface area is 120 Å². The summed E-state index contributed by atoms with van der Waals surface area (Å²) in [5.41, 5.74) is 8.82. The number of nitrogens with one attached hydrogen (secondary N) is 2. The molecule has 0 saturated carbocycles. The number of benzene rings is 1. The summed E-state index contributed by atoms with van der Waals surface area (Å²) in [5, 5.41) is 15.8. The molecule has 1 aliphatic heterocycles. The number of anilines is 3. The van der Waals surface area contributed by atoms with Crippen LogP contribution in [0, 0.1) is 0 Å². The number of fused-ring (bicyclic) bond motifs is 1. The molecule has 0 atom stereocenters. The minimum Gasteiger partial charge on any atom is -0.530 e. The number of pyridine rings is 1. The van der Waals surface area contributed by atoms with Crippen molar-refractivity contribution in [2.24, 2.45) is 4.99 Å². The van der Waals surface area contributed by atoms with Gasteiger partial charge in [0.25, 0.3) is 0 Å². The molecule has 0 aliphatic carbocycles. The van der Waals surface area contributed by atoms with Gasteiger partial charge in [-0.25, -0.2) is 9.98 Å². The maximum Gasteiger partial charge on any atom is 0.153 e. The Balaban J connectivity index is 2.00. The smallest absolute Gasteiger partial charge is 0.153 e. The average Bonchev–Trinajstić information content (AvgIpc) is 2.47. The lowest BCUT2D eigenvalue weighted by molar-refractivity contribution is -0.242. The van der Waals surface area contributed by atoms with Crippen LogP contribution in [0.1, 0.15) is 5.56 Å². The minimum atomic E-state index is -1.44. The first-order valence-electron chi connectivity index (χ1n) is 6.29. The number of amides is 1. The Kier molecular flexibility index (Phi) is 3.15. The molecule has 3 rings (SSSR count). The van der Waals surface area contributed by atoms with Gasteiger partial charge in [0.1, 0.15) is 17.6 Å². The summed E-state index contributed by atoms with van der Waals surface area (Å²) >= 11 is 0. The summed E-state index contributed by atoms with van der Waals surface area (Å²) in [6, 6.07) is 11.3. The number of hydrogen-bond acceptors (Lipinski definition) is 6. The number of nitrogens with two attached hydrogens (primary N) is 1. The van der Waals surface area contributed by atoms with Crippen LogP contribution in [0.25, 0.3) is 0 Å². The van der Waals surface area contributed by atoms with Crippen LogP contribution >= 0.6 is 0 Å². The highest BCUT2D eigenvalue weighted by Gasteiger charge is 2.17. The highest BCUT2D eigenvalue weighted by atomic mass is 16.4. The predicted octanol–water partition coefficient (Wildman–Crippen LogP) is 0.965. The SMILES string of the molecule is Nc1nc(NC(=O)[O-])cc2c1N=C(c1ccccc1)CN2. The lowest BCUT2D eigenvalue weighted by Crippen LogP contribution is -2.29. The highest BCUT2D eigenvalue weighted by Crippen LogP contribution is 2.35. The Bertz CT molecular complexity index is 728. The van der Waals surface area contributed by atoms with Crippen molar-refractivity contribution in [3.63, 3.8) is 0 Å². The van der Waals surface area contributed by atoms with Crippen molar-refractivity contribution < 1.29 is 9.90 Å². The summed E-state index contributed by atoms with van der Waals surface area (Å²) in [6.07, 6.45) is -1.44. The van der Waals surface area contributed by atoms with Crippen molar-refractivity contribution in [2.75, 3.05) is 22.9 Å². The molecule has 7 heteroatoms. The summed E-state index contributed by atoms with van der Waals surface area (Å²) in [6.45, 7) is 0.519. The molecule has 0 fully saturated rings. The monoisotopic (exact) mass is 282 g/mol. The van der Waals surface area contributed by atoms with Crippen molar-refractivity contribution in [2.45, 2.75) is 0 Å². The molecule has 106 valence electrons. The Hall–Kier alpha value is -3.09. The number of hydrogen-bond donors (Lipinski definition) is 3. The number of aromatic nitrogens is 1. The lowest BCUT2D eigenvalue weighted by atomic mass is 10.1. The summed E-state index contributed by atoms with van der Waals surface area (Å²) < 4.78 is 0. The molecule has 21 heavy (non-hydrogen) atoms. The second-order valence-corrected chi connectivity index (χ2v) is 4.48. The molecule has 0 spiro atoms. The van der Waals surface area contributed by atoms with Crippen LogP contribution in [-0.2, 0) is 0 Å². The zero-order chi connectivity index (χ0) is 14.8. The second kappa shape index (κ2) is 5.12. The van der Waals surface area contributed by atoms with Gasteiger partial charge in [-0.3, -0.25) is 0 Å². The van der Waals surface area contributed by atoms with E-state index in [-0.39, 0.29) is 11.6 Å². The Morgan fingerprint density at radius 1 is 1.33 bits per heavy atom. The van der Waals surface area contributed by atoms with E-state index in [1.54, 1.807) is 0 Å². The van der Waals surface area contributed by atoms with Gasteiger partial charge in [-0.1, -0.05) is 30.3 Å². The Morgan fingerprint density at radius 2 is 2.10 bits per heavy atom. The van der Waals surface area contributed by atoms with Crippen molar-refractivity contribution in [3.8, 4) is 0 Å². The maximum absolute atomic E-state index is 10.5. The molecular formula is C14H12N5O2-. The predicted molar refractivity (Wildman–Crippen MR) is 78.8 cm³/mol. The number of carbonyl (C=O) groups is 1. The van der Waals surface area contributed by atoms with Crippen LogP contribution in [0.5, 0.6) is 0 Å². The molecule has 0 bridgehead atoms. The van der Waals surface area contributed by atoms with Gasteiger partial charge in [-0.2, -0.15) is 0 Å². The number of rotatable bonds is 2. The van der Waals surface area contributed by atoms with Crippen LogP contribution in [0.4, 0.5) is 27.8 Å². The maximum atomic E-state index is 10.5. The molecule has 2 aromatic rings. The first-order valence-corrected chi connectivity index (χ1v) is 6.29. The summed E-state index contributed by atoms with van der Waals surface area (Å²) in [7, 11) is 0. The third-order valence-corrected chi connectivity index (χ3v) is 3.05. The molecule has 1 aromatic heterocycles. The van der Waals surface area contributed by atoms with E-state index in [1.165, 1.54) is 6.07 Å². The fourth-order valence-corrected chi connectivity index (χ4v) is 2.13. The van der Waals surface area contributed by atoms with Gasteiger partial charge in [0.15, 0.2) is 5.82 Å². The quantitative estimate of drug-likeness (QED) is 0.759. The van der Waals surface area contributed by atoms with Crippen LogP contribution in [0.2, 0.25) is 0 Å². The van der Waals surface area contributed by atoms with E-state index < -0.39 is 6.09 Å². The van der Waals surface area contributed by atoms with E-state index in [4.69, 9.17) is 5.73 Å². The standard InChI is InChI=1S/C14H13N5O2/c15-13-12-9(6-11(18-13)19-14(20)21)16-7-10(17-12)8-4-2-1-3-5-8/h1-6,16H,7H2,(H,20,21)(H3,15,18,19)/p-1. The van der Waals surface area contributed by atoms with E-state index in [0.717, 1.165) is 11.3 Å². The minimum absolute atomic E-state index is 0.108. The fourth-order valence-electron chi connectivity index (χ4n) is 2.13. The van der Waals surface area contributed by atoms with Crippen molar-refractivity contribution >= 4 is 34.8 Å². The zero-order valence-electron chi connectivity index (χ0n) is 11.0. The molecule has 7 nitrogen and oxygen atoms in total. The molecule has 1 amide bonds. The van der Waals surface area contributed by atoms with E-state index in [1.807, 2.05) is 30.3 Å². The van der Waals surface area contributed by atoms with Crippen molar-refractivity contribution in [1.82, 2.24) is 4.98 Å². The molecular weight excluding hydrogens is 270 g/mol. The molecule has 0 saturated heterocycles. The normalized spacial score (nSPS) is 12.9. The van der Waals surface area contributed by atoms with Gasteiger partial charge < -0.3 is 26.3 Å². The Morgan fingerprint density at radius 3 is 2.81 bits per heavy atom. The van der Waals surface area contributed by atoms with Gasteiger partial charge in [-0.05, 0) is 5.56 Å². The third kappa shape index (κ3) is 2.62. The van der Waals surface area contributed by atoms with Gasteiger partial charge in [0.2, 0.25) is 0 Å². The molecule has 0 unspecified atom stereocenters. The summed E-state index contributed by atoms with van der Waals surface area (Å²) in [4.78, 5) is 19.0. The second-order valence-electron chi connectivity index (χ2n) is 4.48. The topological polar surface area (TPSA) is 115 Å². The summed E-state index contributed by atoms with van der Waals surface area (Å²) in [5.74, 6) is 0.258. The fraction of sp³-hybridized carbons (Fsp3) is 0.0714.